The van der Waals surface area contributed by atoms with E-state index in [0.717, 1.165) is 26.1 Å². The van der Waals surface area contributed by atoms with E-state index in [4.69, 9.17) is 0 Å². The van der Waals surface area contributed by atoms with Crippen molar-refractivity contribution in [2.75, 3.05) is 32.7 Å². The first-order chi connectivity index (χ1) is 9.27. The maximum absolute atomic E-state index is 12.1. The first-order valence-corrected chi connectivity index (χ1v) is 8.01. The maximum atomic E-state index is 12.1. The zero-order chi connectivity index (χ0) is 13.5. The molecule has 1 amide bonds. The Morgan fingerprint density at radius 3 is 2.79 bits per heavy atom. The molecule has 2 saturated heterocycles. The largest absolute Gasteiger partial charge is 0.355 e. The summed E-state index contributed by atoms with van der Waals surface area (Å²) in [6.07, 6.45) is 7.51. The number of hydrogen-bond donors (Lipinski definition) is 2. The minimum atomic E-state index is 0.0312. The number of likely N-dealkylation sites (tertiary alicyclic amines) is 1. The van der Waals surface area contributed by atoms with Gasteiger partial charge in [0.25, 0.3) is 0 Å². The fourth-order valence-electron chi connectivity index (χ4n) is 3.21. The third-order valence-electron chi connectivity index (χ3n) is 4.45. The zero-order valence-corrected chi connectivity index (χ0v) is 12.3. The quantitative estimate of drug-likeness (QED) is 0.739. The molecule has 2 heterocycles. The van der Waals surface area contributed by atoms with Crippen LogP contribution in [0.5, 0.6) is 0 Å². The third kappa shape index (κ3) is 4.77. The summed E-state index contributed by atoms with van der Waals surface area (Å²) in [5, 5.41) is 6.43. The van der Waals surface area contributed by atoms with Crippen LogP contribution in [0.25, 0.3) is 0 Å². The molecule has 2 fully saturated rings. The Morgan fingerprint density at radius 1 is 1.26 bits per heavy atom. The Labute approximate surface area is 117 Å². The maximum Gasteiger partial charge on any atom is 0.237 e. The van der Waals surface area contributed by atoms with Crippen LogP contribution in [0.2, 0.25) is 0 Å². The van der Waals surface area contributed by atoms with Crippen LogP contribution in [0.1, 0.15) is 45.4 Å². The van der Waals surface area contributed by atoms with E-state index in [1.807, 2.05) is 0 Å². The van der Waals surface area contributed by atoms with Gasteiger partial charge in [0.1, 0.15) is 0 Å². The highest BCUT2D eigenvalue weighted by atomic mass is 16.2. The summed E-state index contributed by atoms with van der Waals surface area (Å²) < 4.78 is 0. The van der Waals surface area contributed by atoms with E-state index in [1.54, 1.807) is 0 Å². The fraction of sp³-hybridized carbons (Fsp3) is 0.933. The summed E-state index contributed by atoms with van der Waals surface area (Å²) >= 11 is 0. The van der Waals surface area contributed by atoms with Gasteiger partial charge in [0.05, 0.1) is 6.04 Å². The van der Waals surface area contributed by atoms with Crippen molar-refractivity contribution in [2.45, 2.75) is 51.5 Å². The van der Waals surface area contributed by atoms with Crippen molar-refractivity contribution >= 4 is 5.91 Å². The van der Waals surface area contributed by atoms with Gasteiger partial charge in [0.2, 0.25) is 5.91 Å². The molecule has 2 rings (SSSR count). The van der Waals surface area contributed by atoms with E-state index in [-0.39, 0.29) is 11.9 Å². The Morgan fingerprint density at radius 2 is 2.05 bits per heavy atom. The summed E-state index contributed by atoms with van der Waals surface area (Å²) in [4.78, 5) is 14.6. The summed E-state index contributed by atoms with van der Waals surface area (Å²) in [7, 11) is 0. The van der Waals surface area contributed by atoms with E-state index in [0.29, 0.717) is 5.92 Å². The van der Waals surface area contributed by atoms with Crippen LogP contribution in [0.4, 0.5) is 0 Å². The standard InChI is InChI=1S/C15H29N3O/c1-13-7-5-8-16-14(13)15(19)17-9-6-12-18-10-3-2-4-11-18/h13-14,16H,2-12H2,1H3,(H,17,19). The Bertz CT molecular complexity index is 277. The van der Waals surface area contributed by atoms with E-state index in [2.05, 4.69) is 22.5 Å². The number of carbonyl (C=O) groups is 1. The van der Waals surface area contributed by atoms with Gasteiger partial charge < -0.3 is 15.5 Å². The molecule has 110 valence electrons. The number of carbonyl (C=O) groups excluding carboxylic acids is 1. The molecule has 0 saturated carbocycles. The lowest BCUT2D eigenvalue weighted by molar-refractivity contribution is -0.124. The molecule has 19 heavy (non-hydrogen) atoms. The van der Waals surface area contributed by atoms with E-state index in [1.165, 1.54) is 45.2 Å². The first-order valence-electron chi connectivity index (χ1n) is 8.01. The molecule has 2 N–H and O–H groups in total. The Kier molecular flexibility index (Phi) is 6.11. The molecule has 4 nitrogen and oxygen atoms in total. The number of piperidine rings is 2. The van der Waals surface area contributed by atoms with Crippen LogP contribution >= 0.6 is 0 Å². The number of hydrogen-bond acceptors (Lipinski definition) is 3. The second-order valence-electron chi connectivity index (χ2n) is 6.10. The van der Waals surface area contributed by atoms with Crippen LogP contribution in [0.3, 0.4) is 0 Å². The van der Waals surface area contributed by atoms with E-state index >= 15 is 0 Å². The molecule has 0 aliphatic carbocycles. The van der Waals surface area contributed by atoms with Gasteiger partial charge in [-0.25, -0.2) is 0 Å². The predicted molar refractivity (Wildman–Crippen MR) is 78.1 cm³/mol. The second-order valence-corrected chi connectivity index (χ2v) is 6.10. The molecule has 2 unspecified atom stereocenters. The highest BCUT2D eigenvalue weighted by Gasteiger charge is 2.26. The van der Waals surface area contributed by atoms with Crippen molar-refractivity contribution in [1.82, 2.24) is 15.5 Å². The summed E-state index contributed by atoms with van der Waals surface area (Å²) in [5.41, 5.74) is 0. The molecule has 0 radical (unpaired) electrons. The second kappa shape index (κ2) is 7.85. The van der Waals surface area contributed by atoms with Crippen molar-refractivity contribution in [1.29, 1.82) is 0 Å². The number of nitrogens with zero attached hydrogens (tertiary/aromatic N) is 1. The molecule has 0 aromatic heterocycles. The van der Waals surface area contributed by atoms with Crippen LogP contribution in [0, 0.1) is 5.92 Å². The van der Waals surface area contributed by atoms with Gasteiger partial charge in [-0.1, -0.05) is 13.3 Å². The monoisotopic (exact) mass is 267 g/mol. The lowest BCUT2D eigenvalue weighted by Crippen LogP contribution is -2.51. The van der Waals surface area contributed by atoms with Gasteiger partial charge in [0, 0.05) is 6.54 Å². The number of amides is 1. The topological polar surface area (TPSA) is 44.4 Å². The van der Waals surface area contributed by atoms with Crippen LogP contribution < -0.4 is 10.6 Å². The minimum absolute atomic E-state index is 0.0312. The number of rotatable bonds is 5. The molecule has 2 aliphatic rings. The minimum Gasteiger partial charge on any atom is -0.355 e. The van der Waals surface area contributed by atoms with Gasteiger partial charge >= 0.3 is 0 Å². The van der Waals surface area contributed by atoms with Crippen molar-refractivity contribution in [2.24, 2.45) is 5.92 Å². The van der Waals surface area contributed by atoms with Gasteiger partial charge in [-0.3, -0.25) is 4.79 Å². The molecular weight excluding hydrogens is 238 g/mol. The first kappa shape index (κ1) is 14.8. The summed E-state index contributed by atoms with van der Waals surface area (Å²) in [6, 6.07) is 0.0312. The fourth-order valence-corrected chi connectivity index (χ4v) is 3.21. The predicted octanol–water partition coefficient (Wildman–Crippen LogP) is 1.37. The molecule has 0 aromatic rings. The van der Waals surface area contributed by atoms with Crippen LogP contribution in [-0.2, 0) is 4.79 Å². The molecule has 0 bridgehead atoms. The Balaban J connectivity index is 1.58. The normalized spacial score (nSPS) is 29.1. The van der Waals surface area contributed by atoms with E-state index in [9.17, 15) is 4.79 Å². The summed E-state index contributed by atoms with van der Waals surface area (Å²) in [6.45, 7) is 7.60. The molecule has 0 aromatic carbocycles. The van der Waals surface area contributed by atoms with E-state index < -0.39 is 0 Å². The smallest absolute Gasteiger partial charge is 0.237 e. The molecule has 0 spiro atoms. The lowest BCUT2D eigenvalue weighted by Gasteiger charge is -2.29. The average Bonchev–Trinajstić information content (AvgIpc) is 2.45. The molecule has 4 heteroatoms. The highest BCUT2D eigenvalue weighted by Crippen LogP contribution is 2.15. The summed E-state index contributed by atoms with van der Waals surface area (Å²) in [5.74, 6) is 0.668. The lowest BCUT2D eigenvalue weighted by atomic mass is 9.92. The van der Waals surface area contributed by atoms with Crippen molar-refractivity contribution in [3.05, 3.63) is 0 Å². The SMILES string of the molecule is CC1CCCNC1C(=O)NCCCN1CCCCC1. The molecular formula is C15H29N3O. The molecule has 2 aliphatic heterocycles. The molecule has 2 atom stereocenters. The number of nitrogens with one attached hydrogen (secondary N) is 2. The third-order valence-corrected chi connectivity index (χ3v) is 4.45. The van der Waals surface area contributed by atoms with Gasteiger partial charge in [-0.15, -0.1) is 0 Å². The van der Waals surface area contributed by atoms with Crippen LogP contribution in [0.15, 0.2) is 0 Å². The highest BCUT2D eigenvalue weighted by molar-refractivity contribution is 5.82. The van der Waals surface area contributed by atoms with Crippen molar-refractivity contribution in [3.8, 4) is 0 Å². The van der Waals surface area contributed by atoms with Gasteiger partial charge in [-0.05, 0) is 64.2 Å². The van der Waals surface area contributed by atoms with Crippen molar-refractivity contribution < 1.29 is 4.79 Å². The van der Waals surface area contributed by atoms with Crippen LogP contribution in [-0.4, -0.2) is 49.6 Å². The average molecular weight is 267 g/mol. The van der Waals surface area contributed by atoms with Crippen molar-refractivity contribution in [3.63, 3.8) is 0 Å². The Hall–Kier alpha value is -0.610. The van der Waals surface area contributed by atoms with Gasteiger partial charge in [0.15, 0.2) is 0 Å². The zero-order valence-electron chi connectivity index (χ0n) is 12.3. The van der Waals surface area contributed by atoms with Gasteiger partial charge in [-0.2, -0.15) is 0 Å².